The first kappa shape index (κ1) is 13.2. The van der Waals surface area contributed by atoms with E-state index in [0.29, 0.717) is 12.0 Å². The van der Waals surface area contributed by atoms with E-state index in [2.05, 4.69) is 29.2 Å². The molecule has 2 aromatic carbocycles. The normalized spacial score (nSPS) is 14.0. The summed E-state index contributed by atoms with van der Waals surface area (Å²) in [6, 6.07) is 16.0. The molecule has 0 atom stereocenters. The van der Waals surface area contributed by atoms with Crippen molar-refractivity contribution in [3.05, 3.63) is 59.7 Å². The van der Waals surface area contributed by atoms with Crippen LogP contribution >= 0.6 is 0 Å². The highest BCUT2D eigenvalue weighted by atomic mass is 16.4. The van der Waals surface area contributed by atoms with E-state index >= 15 is 0 Å². The molecule has 3 nitrogen and oxygen atoms in total. The Morgan fingerprint density at radius 1 is 1.00 bits per heavy atom. The van der Waals surface area contributed by atoms with Crippen molar-refractivity contribution in [1.29, 1.82) is 0 Å². The third-order valence-electron chi connectivity index (χ3n) is 3.90. The van der Waals surface area contributed by atoms with Crippen LogP contribution in [0.25, 0.3) is 0 Å². The molecule has 0 saturated heterocycles. The van der Waals surface area contributed by atoms with Crippen molar-refractivity contribution in [2.24, 2.45) is 0 Å². The molecular weight excluding hydrogens is 249 g/mol. The smallest absolute Gasteiger partial charge is 0.423 e. The van der Waals surface area contributed by atoms with Crippen LogP contribution in [0.5, 0.6) is 0 Å². The van der Waals surface area contributed by atoms with Gasteiger partial charge in [-0.15, -0.1) is 0 Å². The first-order valence-electron chi connectivity index (χ1n) is 7.02. The van der Waals surface area contributed by atoms with Gasteiger partial charge in [-0.2, -0.15) is 0 Å². The van der Waals surface area contributed by atoms with E-state index in [1.165, 1.54) is 11.3 Å². The van der Waals surface area contributed by atoms with Crippen molar-refractivity contribution < 1.29 is 10.0 Å². The Bertz CT molecular complexity index is 601. The first-order valence-corrected chi connectivity index (χ1v) is 7.02. The summed E-state index contributed by atoms with van der Waals surface area (Å²) in [5, 5.41) is 18.9. The number of anilines is 1. The Balaban J connectivity index is 1.90. The Hall–Kier alpha value is -1.78. The van der Waals surface area contributed by atoms with Gasteiger partial charge in [0.1, 0.15) is 0 Å². The molecule has 0 spiro atoms. The molecule has 0 fully saturated rings. The second kappa shape index (κ2) is 5.69. The van der Waals surface area contributed by atoms with E-state index in [1.54, 1.807) is 6.07 Å². The zero-order valence-corrected chi connectivity index (χ0v) is 11.4. The van der Waals surface area contributed by atoms with Crippen LogP contribution in [0.15, 0.2) is 48.5 Å². The van der Waals surface area contributed by atoms with Crippen LogP contribution < -0.4 is 10.4 Å². The Morgan fingerprint density at radius 3 is 2.60 bits per heavy atom. The average Bonchev–Trinajstić information content (AvgIpc) is 2.48. The highest BCUT2D eigenvalue weighted by Gasteiger charge is 2.20. The summed E-state index contributed by atoms with van der Waals surface area (Å²) in [6.07, 6.45) is 2.26. The fourth-order valence-electron chi connectivity index (χ4n) is 2.91. The maximum absolute atomic E-state index is 9.47. The molecule has 2 N–H and O–H groups in total. The van der Waals surface area contributed by atoms with Crippen molar-refractivity contribution in [2.45, 2.75) is 19.4 Å². The highest BCUT2D eigenvalue weighted by Crippen LogP contribution is 2.27. The molecule has 0 bridgehead atoms. The molecule has 0 radical (unpaired) electrons. The fourth-order valence-corrected chi connectivity index (χ4v) is 2.91. The van der Waals surface area contributed by atoms with Crippen LogP contribution in [0.3, 0.4) is 0 Å². The number of nitrogens with zero attached hydrogens (tertiary/aromatic N) is 1. The van der Waals surface area contributed by atoms with E-state index < -0.39 is 7.12 Å². The van der Waals surface area contributed by atoms with Crippen LogP contribution in [0, 0.1) is 0 Å². The summed E-state index contributed by atoms with van der Waals surface area (Å²) >= 11 is 0. The predicted molar refractivity (Wildman–Crippen MR) is 82.1 cm³/mol. The summed E-state index contributed by atoms with van der Waals surface area (Å²) in [7, 11) is -1.41. The molecule has 20 heavy (non-hydrogen) atoms. The standard InChI is InChI=1S/C16H18BNO2/c19-17(20)15-9-3-1-7-14(15)12-18-11-5-8-13-6-2-4-10-16(13)18/h1-4,6-7,9-10,19-20H,5,8,11-12H2. The van der Waals surface area contributed by atoms with E-state index in [9.17, 15) is 10.0 Å². The molecule has 0 aromatic heterocycles. The predicted octanol–water partition coefficient (Wildman–Crippen LogP) is 1.32. The van der Waals surface area contributed by atoms with E-state index in [4.69, 9.17) is 0 Å². The Labute approximate surface area is 119 Å². The van der Waals surface area contributed by atoms with E-state index in [0.717, 1.165) is 24.9 Å². The fraction of sp³-hybridized carbons (Fsp3) is 0.250. The number of aryl methyl sites for hydroxylation is 1. The van der Waals surface area contributed by atoms with Crippen molar-refractivity contribution in [1.82, 2.24) is 0 Å². The van der Waals surface area contributed by atoms with E-state index in [1.807, 2.05) is 18.2 Å². The monoisotopic (exact) mass is 267 g/mol. The summed E-state index contributed by atoms with van der Waals surface area (Å²) in [4.78, 5) is 2.32. The molecule has 0 amide bonds. The number of hydrogen-bond acceptors (Lipinski definition) is 3. The van der Waals surface area contributed by atoms with Gasteiger partial charge in [-0.05, 0) is 35.5 Å². The highest BCUT2D eigenvalue weighted by molar-refractivity contribution is 6.59. The lowest BCUT2D eigenvalue weighted by atomic mass is 9.77. The summed E-state index contributed by atoms with van der Waals surface area (Å²) in [5.74, 6) is 0. The minimum atomic E-state index is -1.41. The number of para-hydroxylation sites is 1. The second-order valence-corrected chi connectivity index (χ2v) is 5.23. The Morgan fingerprint density at radius 2 is 1.75 bits per heavy atom. The maximum atomic E-state index is 9.47. The summed E-state index contributed by atoms with van der Waals surface area (Å²) < 4.78 is 0. The third-order valence-corrected chi connectivity index (χ3v) is 3.90. The maximum Gasteiger partial charge on any atom is 0.488 e. The number of hydrogen-bond donors (Lipinski definition) is 2. The van der Waals surface area contributed by atoms with Gasteiger partial charge in [-0.25, -0.2) is 0 Å². The van der Waals surface area contributed by atoms with Gasteiger partial charge in [0.05, 0.1) is 0 Å². The summed E-state index contributed by atoms with van der Waals surface area (Å²) in [6.45, 7) is 1.72. The average molecular weight is 267 g/mol. The Kier molecular flexibility index (Phi) is 3.76. The SMILES string of the molecule is OB(O)c1ccccc1CN1CCCc2ccccc21. The molecule has 1 aliphatic rings. The van der Waals surface area contributed by atoms with E-state index in [-0.39, 0.29) is 0 Å². The van der Waals surface area contributed by atoms with Gasteiger partial charge in [0, 0.05) is 18.8 Å². The van der Waals surface area contributed by atoms with Gasteiger partial charge < -0.3 is 14.9 Å². The van der Waals surface area contributed by atoms with Crippen LogP contribution in [-0.4, -0.2) is 23.7 Å². The lowest BCUT2D eigenvalue weighted by molar-refractivity contribution is 0.425. The van der Waals surface area contributed by atoms with Crippen LogP contribution in [-0.2, 0) is 13.0 Å². The zero-order chi connectivity index (χ0) is 13.9. The number of benzene rings is 2. The molecule has 0 aliphatic carbocycles. The topological polar surface area (TPSA) is 43.7 Å². The second-order valence-electron chi connectivity index (χ2n) is 5.23. The molecule has 1 heterocycles. The largest absolute Gasteiger partial charge is 0.488 e. The first-order chi connectivity index (χ1) is 9.75. The lowest BCUT2D eigenvalue weighted by Gasteiger charge is -2.32. The molecule has 4 heteroatoms. The molecular formula is C16H18BNO2. The van der Waals surface area contributed by atoms with Crippen LogP contribution in [0.4, 0.5) is 5.69 Å². The minimum absolute atomic E-state index is 0.593. The van der Waals surface area contributed by atoms with Gasteiger partial charge in [-0.3, -0.25) is 0 Å². The number of fused-ring (bicyclic) bond motifs is 1. The van der Waals surface area contributed by atoms with Gasteiger partial charge in [-0.1, -0.05) is 42.5 Å². The van der Waals surface area contributed by atoms with Crippen molar-refractivity contribution in [2.75, 3.05) is 11.4 Å². The van der Waals surface area contributed by atoms with Gasteiger partial charge in [0.15, 0.2) is 0 Å². The van der Waals surface area contributed by atoms with Crippen molar-refractivity contribution in [3.8, 4) is 0 Å². The lowest BCUT2D eigenvalue weighted by Crippen LogP contribution is -2.37. The van der Waals surface area contributed by atoms with Crippen molar-refractivity contribution >= 4 is 18.3 Å². The molecule has 1 aliphatic heterocycles. The van der Waals surface area contributed by atoms with Gasteiger partial charge in [0.25, 0.3) is 0 Å². The third kappa shape index (κ3) is 2.57. The zero-order valence-electron chi connectivity index (χ0n) is 11.4. The van der Waals surface area contributed by atoms with Gasteiger partial charge >= 0.3 is 7.12 Å². The van der Waals surface area contributed by atoms with Crippen molar-refractivity contribution in [3.63, 3.8) is 0 Å². The number of rotatable bonds is 3. The van der Waals surface area contributed by atoms with Crippen LogP contribution in [0.2, 0.25) is 0 Å². The summed E-state index contributed by atoms with van der Waals surface area (Å²) in [5.41, 5.74) is 4.21. The quantitative estimate of drug-likeness (QED) is 0.824. The van der Waals surface area contributed by atoms with Gasteiger partial charge in [0.2, 0.25) is 0 Å². The molecule has 3 rings (SSSR count). The minimum Gasteiger partial charge on any atom is -0.423 e. The molecule has 0 unspecified atom stereocenters. The molecule has 102 valence electrons. The molecule has 2 aromatic rings. The molecule has 0 saturated carbocycles. The van der Waals surface area contributed by atoms with Crippen LogP contribution in [0.1, 0.15) is 17.5 Å².